The zero-order chi connectivity index (χ0) is 40.5. The molecule has 2 atom stereocenters. The molecule has 2 aromatic carbocycles. The van der Waals surface area contributed by atoms with Gasteiger partial charge in [-0.25, -0.2) is 0 Å². The minimum absolute atomic E-state index is 0. The first kappa shape index (κ1) is 49.9. The Bertz CT molecular complexity index is 2090. The molecule has 1 aliphatic carbocycles. The number of benzene rings is 2. The zero-order valence-electron chi connectivity index (χ0n) is 33.6. The number of amides is 6. The Morgan fingerprint density at radius 1 is 0.967 bits per heavy atom. The van der Waals surface area contributed by atoms with Crippen molar-refractivity contribution in [2.24, 2.45) is 11.8 Å². The van der Waals surface area contributed by atoms with Crippen molar-refractivity contribution < 1.29 is 42.4 Å². The van der Waals surface area contributed by atoms with Crippen LogP contribution in [0.5, 0.6) is 0 Å². The van der Waals surface area contributed by atoms with Crippen molar-refractivity contribution in [1.29, 1.82) is 0 Å². The molecule has 0 spiro atoms. The largest absolute Gasteiger partial charge is 2.00 e. The number of halogens is 2. The number of likely N-dealkylation sites (tertiary alicyclic amines) is 1. The third-order valence-corrected chi connectivity index (χ3v) is 10.7. The van der Waals surface area contributed by atoms with Crippen LogP contribution < -0.4 is 25.4 Å². The summed E-state index contributed by atoms with van der Waals surface area (Å²) in [5.74, 6) is -0.681. The average molecular weight is 924 g/mol. The normalized spacial score (nSPS) is 17.6. The van der Waals surface area contributed by atoms with E-state index in [4.69, 9.17) is 4.18 Å². The number of imide groups is 2. The van der Waals surface area contributed by atoms with Crippen molar-refractivity contribution in [2.45, 2.75) is 65.5 Å². The van der Waals surface area contributed by atoms with Gasteiger partial charge in [-0.1, -0.05) is 49.4 Å². The number of nitrogens with zero attached hydrogens (tertiary/aromatic N) is 5. The first-order valence-electron chi connectivity index (χ1n) is 19.0. The molecular weight excluding hydrogens is 876 g/mol. The van der Waals surface area contributed by atoms with E-state index in [0.29, 0.717) is 41.4 Å². The van der Waals surface area contributed by atoms with Crippen LogP contribution >= 0.6 is 12.0 Å². The molecule has 2 saturated heterocycles. The van der Waals surface area contributed by atoms with Crippen LogP contribution in [0.2, 0.25) is 0 Å². The van der Waals surface area contributed by atoms with Gasteiger partial charge in [0, 0.05) is 74.1 Å². The Balaban J connectivity index is 0.000000269. The molecular formula is C40H47F2N9O7SSr. The predicted octanol–water partition coefficient (Wildman–Crippen LogP) is -2.08. The molecule has 2 fully saturated rings. The standard InChI is InChI=1S/C18H24N6O2.C16H17N3O5S.C6H6.2FH.Sr/c1-11-3-4-15-16(5-11)21-22-17(15)18(26)20-14-6-19-24(10-14)9-13-7-23(8-13)12(2)25;1-2-24-25-8-17-10-5-3-4-9-13(10)16(23)19(15(9)22)11-6-7-12(20)18-14(11)21;1-2-4-6-5-3-1;;;/h6,10-11,13H,3-5,7-9H2,1-2H3,(H,20,26)(H,21,22);3-5,11,17H,2,6-8H2,1H3,(H,18,20,21);1-6H;2*1H;/q;;;;;+2/p-2. The minimum Gasteiger partial charge on any atom is -1.00 e. The smallest absolute Gasteiger partial charge is 1.00 e. The van der Waals surface area contributed by atoms with Crippen molar-refractivity contribution in [3.63, 3.8) is 0 Å². The molecule has 4 aromatic rings. The number of rotatable bonds is 10. The Morgan fingerprint density at radius 2 is 1.67 bits per heavy atom. The van der Waals surface area contributed by atoms with Gasteiger partial charge in [0.05, 0.1) is 35.5 Å². The number of carbonyl (C=O) groups excluding carboxylic acids is 6. The van der Waals surface area contributed by atoms with Crippen molar-refractivity contribution >= 4 is 104 Å². The second-order valence-electron chi connectivity index (χ2n) is 14.2. The molecule has 60 heavy (non-hydrogen) atoms. The Labute approximate surface area is 387 Å². The van der Waals surface area contributed by atoms with Gasteiger partial charge in [0.15, 0.2) is 5.69 Å². The number of aromatic nitrogens is 4. The number of piperidine rings is 1. The number of H-pyrrole nitrogens is 1. The third-order valence-electron chi connectivity index (χ3n) is 10.0. The summed E-state index contributed by atoms with van der Waals surface area (Å²) < 4.78 is 6.99. The van der Waals surface area contributed by atoms with Crippen molar-refractivity contribution in [3.05, 3.63) is 95.1 Å². The molecule has 2 unspecified atom stereocenters. The van der Waals surface area contributed by atoms with E-state index in [-0.39, 0.29) is 90.7 Å². The molecule has 0 saturated carbocycles. The maximum atomic E-state index is 12.8. The number of aromatic amines is 1. The van der Waals surface area contributed by atoms with Gasteiger partial charge in [-0.15, -0.1) is 0 Å². The Morgan fingerprint density at radius 3 is 2.32 bits per heavy atom. The van der Waals surface area contributed by atoms with Gasteiger partial charge < -0.3 is 29.1 Å². The molecule has 316 valence electrons. The summed E-state index contributed by atoms with van der Waals surface area (Å²) in [6, 6.07) is 16.0. The maximum Gasteiger partial charge on any atom is 2.00 e. The summed E-state index contributed by atoms with van der Waals surface area (Å²) >= 11 is 1.20. The van der Waals surface area contributed by atoms with Crippen molar-refractivity contribution in [3.8, 4) is 0 Å². The third kappa shape index (κ3) is 12.3. The number of carbonyl (C=O) groups is 6. The fourth-order valence-electron chi connectivity index (χ4n) is 7.07. The number of hydrogen-bond acceptors (Lipinski definition) is 11. The van der Waals surface area contributed by atoms with E-state index in [1.807, 2.05) is 59.1 Å². The van der Waals surface area contributed by atoms with Crippen molar-refractivity contribution in [1.82, 2.24) is 35.1 Å². The zero-order valence-corrected chi connectivity index (χ0v) is 37.9. The predicted molar refractivity (Wildman–Crippen MR) is 219 cm³/mol. The van der Waals surface area contributed by atoms with Gasteiger partial charge in [0.25, 0.3) is 17.7 Å². The van der Waals surface area contributed by atoms with E-state index < -0.39 is 29.7 Å². The monoisotopic (exact) mass is 923 g/mol. The van der Waals surface area contributed by atoms with E-state index in [1.54, 1.807) is 31.3 Å². The molecule has 2 aromatic heterocycles. The number of anilines is 2. The minimum atomic E-state index is -0.962. The van der Waals surface area contributed by atoms with Crippen LogP contribution in [0.15, 0.2) is 67.0 Å². The molecule has 8 rings (SSSR count). The van der Waals surface area contributed by atoms with Gasteiger partial charge in [-0.2, -0.15) is 10.2 Å². The van der Waals surface area contributed by atoms with Crippen LogP contribution in [0.1, 0.15) is 82.5 Å². The van der Waals surface area contributed by atoms with E-state index >= 15 is 0 Å². The van der Waals surface area contributed by atoms with Crippen LogP contribution in [0, 0.1) is 11.8 Å². The molecule has 4 N–H and O–H groups in total. The van der Waals surface area contributed by atoms with Crippen LogP contribution in [0.3, 0.4) is 0 Å². The summed E-state index contributed by atoms with van der Waals surface area (Å²) in [7, 11) is 0. The fourth-order valence-corrected chi connectivity index (χ4v) is 7.54. The summed E-state index contributed by atoms with van der Waals surface area (Å²) in [4.78, 5) is 75.4. The van der Waals surface area contributed by atoms with Crippen LogP contribution in [0.4, 0.5) is 11.4 Å². The average Bonchev–Trinajstić information content (AvgIpc) is 3.88. The molecule has 0 bridgehead atoms. The molecule has 5 heterocycles. The van der Waals surface area contributed by atoms with Gasteiger partial charge in [0.2, 0.25) is 17.7 Å². The summed E-state index contributed by atoms with van der Waals surface area (Å²) in [5, 5.41) is 19.7. The van der Waals surface area contributed by atoms with Gasteiger partial charge >= 0.3 is 45.5 Å². The van der Waals surface area contributed by atoms with E-state index in [1.165, 1.54) is 12.0 Å². The van der Waals surface area contributed by atoms with Gasteiger partial charge in [-0.05, 0) is 50.7 Å². The molecule has 6 amide bonds. The Hall–Kier alpha value is -4.47. The van der Waals surface area contributed by atoms with E-state index in [2.05, 4.69) is 38.2 Å². The quantitative estimate of drug-likeness (QED) is 0.0448. The Kier molecular flexibility index (Phi) is 19.5. The SMILES string of the molecule is CC(=O)N1CC(Cn2cc(NC(=O)c3n[nH]c4c3CCC(C)C4)cn2)C1.CCOSCNc1cccc2c1C(=O)N(C1CCC(=O)NC1=O)C2=O.[F-].[F-].[Sr+2].c1ccccc1. The number of fused-ring (bicyclic) bond motifs is 2. The van der Waals surface area contributed by atoms with Crippen LogP contribution in [-0.4, -0.2) is 142 Å². The van der Waals surface area contributed by atoms with Crippen molar-refractivity contribution in [2.75, 3.05) is 36.2 Å². The summed E-state index contributed by atoms with van der Waals surface area (Å²) in [6.07, 6.45) is 6.65. The first-order chi connectivity index (χ1) is 27.5. The second-order valence-corrected chi connectivity index (χ2v) is 15.0. The molecule has 20 heteroatoms. The van der Waals surface area contributed by atoms with Crippen LogP contribution in [-0.2, 0) is 38.0 Å². The molecule has 16 nitrogen and oxygen atoms in total. The second kappa shape index (κ2) is 23.5. The number of hydrogen-bond donors (Lipinski definition) is 4. The first-order valence-corrected chi connectivity index (χ1v) is 19.9. The summed E-state index contributed by atoms with van der Waals surface area (Å²) in [5.41, 5.74) is 4.30. The van der Waals surface area contributed by atoms with Gasteiger partial charge in [0.1, 0.15) is 6.04 Å². The topological polar surface area (TPSA) is 201 Å². The molecule has 4 aliphatic rings. The molecule has 0 radical (unpaired) electrons. The van der Waals surface area contributed by atoms with E-state index in [9.17, 15) is 28.8 Å². The summed E-state index contributed by atoms with van der Waals surface area (Å²) in [6.45, 7) is 8.52. The van der Waals surface area contributed by atoms with Gasteiger partial charge in [-0.3, -0.25) is 48.8 Å². The fraction of sp³-hybridized carbons (Fsp3) is 0.400. The van der Waals surface area contributed by atoms with Crippen LogP contribution in [0.25, 0.3) is 0 Å². The van der Waals surface area contributed by atoms with E-state index in [0.717, 1.165) is 55.1 Å². The maximum absolute atomic E-state index is 12.8. The molecule has 3 aliphatic heterocycles. The number of nitrogens with one attached hydrogen (secondary N) is 4.